The lowest BCUT2D eigenvalue weighted by Gasteiger charge is -2.11. The van der Waals surface area contributed by atoms with Crippen molar-refractivity contribution in [2.24, 2.45) is 0 Å². The van der Waals surface area contributed by atoms with Crippen molar-refractivity contribution >= 4 is 17.9 Å². The van der Waals surface area contributed by atoms with Gasteiger partial charge in [-0.2, -0.15) is 0 Å². The smallest absolute Gasteiger partial charge is 0.257 e. The summed E-state index contributed by atoms with van der Waals surface area (Å²) < 4.78 is 0. The molecule has 0 saturated carbocycles. The molecule has 0 unspecified atom stereocenters. The van der Waals surface area contributed by atoms with Crippen molar-refractivity contribution in [2.75, 3.05) is 14.2 Å². The summed E-state index contributed by atoms with van der Waals surface area (Å²) in [5.41, 5.74) is 0. The van der Waals surface area contributed by atoms with Gasteiger partial charge in [0.2, 0.25) is 0 Å². The maximum Gasteiger partial charge on any atom is 0.327 e. The van der Waals surface area contributed by atoms with Crippen molar-refractivity contribution in [1.29, 1.82) is 0 Å². The summed E-state index contributed by atoms with van der Waals surface area (Å²) in [5, 5.41) is 0.0540. The lowest BCUT2D eigenvalue weighted by Crippen LogP contribution is -2.23. The van der Waals surface area contributed by atoms with Crippen molar-refractivity contribution in [3.63, 3.8) is 0 Å². The molecule has 5 heteroatoms. The van der Waals surface area contributed by atoms with Crippen molar-refractivity contribution < 1.29 is 14.5 Å². The van der Waals surface area contributed by atoms with E-state index < -0.39 is 5.24 Å². The molecule has 0 atom stereocenters. The molecule has 0 fully saturated rings. The van der Waals surface area contributed by atoms with Crippen molar-refractivity contribution in [1.82, 2.24) is 5.23 Å². The first kappa shape index (κ1) is 7.74. The van der Waals surface area contributed by atoms with Gasteiger partial charge in [-0.1, -0.05) is 17.9 Å². The third kappa shape index (κ3) is 2.15. The van der Waals surface area contributed by atoms with E-state index in [-0.39, 0.29) is 0 Å². The van der Waals surface area contributed by atoms with Gasteiger partial charge < -0.3 is 0 Å². The van der Waals surface area contributed by atoms with Gasteiger partial charge >= 0.3 is 5.24 Å². The molecule has 0 radical (unpaired) electrons. The molecule has 0 aliphatic heterocycles. The van der Waals surface area contributed by atoms with Crippen LogP contribution in [0.25, 0.3) is 0 Å². The Kier molecular flexibility index (Phi) is 3.59. The van der Waals surface area contributed by atoms with Crippen LogP contribution in [-0.2, 0) is 9.68 Å². The Morgan fingerprint density at radius 3 is 1.88 bits per heavy atom. The fraction of sp³-hybridized carbons (Fsp3) is 0.667. The molecule has 0 spiro atoms. The molecule has 0 aromatic heterocycles. The monoisotopic (exact) mass is 137 g/mol. The molecule has 48 valence electrons. The second-order valence-electron chi connectivity index (χ2n) is 0.905. The Hall–Kier alpha value is -0.260. The second-order valence-corrected chi connectivity index (χ2v) is 1.29. The summed E-state index contributed by atoms with van der Waals surface area (Å²) in [7, 11) is 2.61. The van der Waals surface area contributed by atoms with E-state index in [2.05, 4.69) is 22.3 Å². The zero-order valence-corrected chi connectivity index (χ0v) is 5.51. The highest BCUT2D eigenvalue weighted by Gasteiger charge is 2.04. The van der Waals surface area contributed by atoms with Crippen molar-refractivity contribution in [2.45, 2.75) is 0 Å². The number of amides is 1. The van der Waals surface area contributed by atoms with Gasteiger partial charge in [0.25, 0.3) is 0 Å². The maximum absolute atomic E-state index is 10.1. The van der Waals surface area contributed by atoms with E-state index in [1.807, 2.05) is 0 Å². The number of carbonyl (C=O) groups is 1. The van der Waals surface area contributed by atoms with Gasteiger partial charge in [-0.25, -0.2) is 9.68 Å². The Balaban J connectivity index is 3.52. The molecular formula is C3H7NO3S. The average Bonchev–Trinajstić information content (AvgIpc) is 1.69. The van der Waals surface area contributed by atoms with Gasteiger partial charge in [-0.15, -0.1) is 0 Å². The predicted octanol–water partition coefficient (Wildman–Crippen LogP) is 0.461. The van der Waals surface area contributed by atoms with E-state index in [0.717, 1.165) is 0 Å². The first-order valence-electron chi connectivity index (χ1n) is 1.83. The third-order valence-corrected chi connectivity index (χ3v) is 0.651. The highest BCUT2D eigenvalue weighted by Crippen LogP contribution is 1.93. The first-order valence-corrected chi connectivity index (χ1v) is 2.28. The van der Waals surface area contributed by atoms with Gasteiger partial charge in [0.15, 0.2) is 0 Å². The van der Waals surface area contributed by atoms with E-state index >= 15 is 0 Å². The topological polar surface area (TPSA) is 38.8 Å². The van der Waals surface area contributed by atoms with Crippen LogP contribution >= 0.6 is 12.6 Å². The molecule has 4 nitrogen and oxygen atoms in total. The minimum atomic E-state index is -0.588. The third-order valence-electron chi connectivity index (χ3n) is 0.488. The van der Waals surface area contributed by atoms with E-state index in [4.69, 9.17) is 0 Å². The van der Waals surface area contributed by atoms with Crippen LogP contribution in [0.5, 0.6) is 0 Å². The van der Waals surface area contributed by atoms with E-state index in [0.29, 0.717) is 5.23 Å². The largest absolute Gasteiger partial charge is 0.327 e. The molecule has 0 aliphatic carbocycles. The summed E-state index contributed by atoms with van der Waals surface area (Å²) in [6, 6.07) is 0. The fourth-order valence-corrected chi connectivity index (χ4v) is 0.394. The number of thiol groups is 1. The SMILES string of the molecule is CON(OC)C(=O)S. The molecule has 1 amide bonds. The predicted molar refractivity (Wildman–Crippen MR) is 30.2 cm³/mol. The summed E-state index contributed by atoms with van der Waals surface area (Å²) >= 11 is 3.39. The number of rotatable bonds is 2. The van der Waals surface area contributed by atoms with Gasteiger partial charge in [-0.3, -0.25) is 4.79 Å². The normalized spacial score (nSPS) is 8.88. The minimum Gasteiger partial charge on any atom is -0.257 e. The van der Waals surface area contributed by atoms with Crippen LogP contribution in [0.2, 0.25) is 0 Å². The summed E-state index contributed by atoms with van der Waals surface area (Å²) in [6.07, 6.45) is 0. The highest BCUT2D eigenvalue weighted by molar-refractivity contribution is 7.96. The molecule has 0 bridgehead atoms. The van der Waals surface area contributed by atoms with Gasteiger partial charge in [0.1, 0.15) is 0 Å². The van der Waals surface area contributed by atoms with E-state index in [1.54, 1.807) is 0 Å². The summed E-state index contributed by atoms with van der Waals surface area (Å²) in [6.45, 7) is 0. The van der Waals surface area contributed by atoms with Crippen LogP contribution < -0.4 is 0 Å². The Bertz CT molecular complexity index is 82.6. The Morgan fingerprint density at radius 1 is 1.50 bits per heavy atom. The minimum absolute atomic E-state index is 0.588. The average molecular weight is 137 g/mol. The van der Waals surface area contributed by atoms with Gasteiger partial charge in [-0.05, 0) is 0 Å². The molecule has 0 aliphatic rings. The number of nitrogens with zero attached hydrogens (tertiary/aromatic N) is 1. The summed E-state index contributed by atoms with van der Waals surface area (Å²) in [5.74, 6) is 0. The molecule has 0 aromatic carbocycles. The molecule has 8 heavy (non-hydrogen) atoms. The molecule has 0 heterocycles. The van der Waals surface area contributed by atoms with Crippen LogP contribution in [0.1, 0.15) is 0 Å². The zero-order valence-electron chi connectivity index (χ0n) is 4.62. The number of hydroxylamine groups is 2. The Morgan fingerprint density at radius 2 is 1.88 bits per heavy atom. The number of carbonyl (C=O) groups excluding carboxylic acids is 1. The molecule has 0 aromatic rings. The van der Waals surface area contributed by atoms with Crippen LogP contribution in [0.3, 0.4) is 0 Å². The van der Waals surface area contributed by atoms with Gasteiger partial charge in [0, 0.05) is 0 Å². The van der Waals surface area contributed by atoms with Crippen molar-refractivity contribution in [3.05, 3.63) is 0 Å². The highest BCUT2D eigenvalue weighted by atomic mass is 32.1. The van der Waals surface area contributed by atoms with E-state index in [1.165, 1.54) is 14.2 Å². The van der Waals surface area contributed by atoms with Crippen LogP contribution in [-0.4, -0.2) is 24.7 Å². The van der Waals surface area contributed by atoms with Crippen LogP contribution in [0.15, 0.2) is 0 Å². The maximum atomic E-state index is 10.1. The molecule has 0 N–H and O–H groups in total. The van der Waals surface area contributed by atoms with Gasteiger partial charge in [0.05, 0.1) is 14.2 Å². The van der Waals surface area contributed by atoms with Crippen molar-refractivity contribution in [3.8, 4) is 0 Å². The van der Waals surface area contributed by atoms with Crippen LogP contribution in [0, 0.1) is 0 Å². The van der Waals surface area contributed by atoms with E-state index in [9.17, 15) is 4.79 Å². The Labute approximate surface area is 52.7 Å². The lowest BCUT2D eigenvalue weighted by molar-refractivity contribution is -0.292. The summed E-state index contributed by atoms with van der Waals surface area (Å²) in [4.78, 5) is 18.8. The molecular weight excluding hydrogens is 130 g/mol. The lowest BCUT2D eigenvalue weighted by atomic mass is 11.4. The fourth-order valence-electron chi connectivity index (χ4n) is 0.231. The number of hydrogen-bond acceptors (Lipinski definition) is 3. The zero-order chi connectivity index (χ0) is 6.57. The number of hydrogen-bond donors (Lipinski definition) is 1. The first-order chi connectivity index (χ1) is 3.72. The quantitative estimate of drug-likeness (QED) is 0.444. The molecule has 0 rings (SSSR count). The molecule has 0 saturated heterocycles. The standard InChI is InChI=1S/C3H7NO3S/c1-6-4(7-2)3(5)8/h1-2H3,(H,5,8). The van der Waals surface area contributed by atoms with Crippen LogP contribution in [0.4, 0.5) is 4.79 Å². The second kappa shape index (κ2) is 3.71.